The number of aliphatic hydroxyl groups is 1. The maximum Gasteiger partial charge on any atom is 0.106 e. The highest BCUT2D eigenvalue weighted by molar-refractivity contribution is 4.79. The molecule has 0 saturated carbocycles. The first-order chi connectivity index (χ1) is 11.3. The predicted octanol–water partition coefficient (Wildman–Crippen LogP) is 5.29. The second-order valence-electron chi connectivity index (χ2n) is 8.49. The maximum absolute atomic E-state index is 10.1. The molecule has 23 heavy (non-hydrogen) atoms. The number of aliphatic hydroxyl groups excluding tert-OH is 1. The molecule has 0 aromatic carbocycles. The molecule has 3 rings (SSSR count). The molecular weight excluding hydrogens is 282 g/mol. The van der Waals surface area contributed by atoms with E-state index in [1.807, 2.05) is 0 Å². The molecule has 0 amide bonds. The lowest BCUT2D eigenvalue weighted by Crippen LogP contribution is -2.63. The Balaban J connectivity index is 1.38. The van der Waals surface area contributed by atoms with E-state index >= 15 is 0 Å². The Hall–Kier alpha value is -0.0800. The molecule has 3 heterocycles. The van der Waals surface area contributed by atoms with Crippen LogP contribution in [-0.2, 0) is 0 Å². The van der Waals surface area contributed by atoms with Crippen molar-refractivity contribution in [3.05, 3.63) is 0 Å². The highest BCUT2D eigenvalue weighted by atomic mass is 16.3. The normalized spacial score (nSPS) is 30.0. The molecule has 0 aromatic heterocycles. The third-order valence-corrected chi connectivity index (χ3v) is 6.55. The molecule has 1 N–H and O–H groups in total. The van der Waals surface area contributed by atoms with Gasteiger partial charge in [0.25, 0.3) is 0 Å². The van der Waals surface area contributed by atoms with Gasteiger partial charge in [0.2, 0.25) is 0 Å². The van der Waals surface area contributed by atoms with E-state index in [4.69, 9.17) is 0 Å². The summed E-state index contributed by atoms with van der Waals surface area (Å²) in [6.45, 7) is 7.38. The Morgan fingerprint density at radius 1 is 0.739 bits per heavy atom. The summed E-state index contributed by atoms with van der Waals surface area (Å²) in [6, 6.07) is 0. The Morgan fingerprint density at radius 2 is 1.22 bits per heavy atom. The Labute approximate surface area is 145 Å². The topological polar surface area (TPSA) is 20.2 Å². The van der Waals surface area contributed by atoms with Crippen molar-refractivity contribution in [2.45, 2.75) is 103 Å². The molecule has 0 aliphatic carbocycles. The molecule has 1 atom stereocenters. The van der Waals surface area contributed by atoms with E-state index < -0.39 is 0 Å². The number of rotatable bonds is 13. The summed E-state index contributed by atoms with van der Waals surface area (Å²) in [5.74, 6) is 0.636. The van der Waals surface area contributed by atoms with Gasteiger partial charge in [-0.15, -0.1) is 0 Å². The van der Waals surface area contributed by atoms with E-state index in [0.717, 1.165) is 6.54 Å². The van der Waals surface area contributed by atoms with Crippen molar-refractivity contribution < 1.29 is 9.59 Å². The molecule has 3 aliphatic heterocycles. The number of fused-ring (bicyclic) bond motifs is 3. The van der Waals surface area contributed by atoms with E-state index in [1.165, 1.54) is 114 Å². The molecule has 3 aliphatic rings. The van der Waals surface area contributed by atoms with Crippen LogP contribution < -0.4 is 0 Å². The molecular formula is C21H42NO+. The van der Waals surface area contributed by atoms with Gasteiger partial charge in [0.15, 0.2) is 0 Å². The van der Waals surface area contributed by atoms with Crippen LogP contribution in [0.2, 0.25) is 0 Å². The second-order valence-corrected chi connectivity index (χ2v) is 8.49. The zero-order valence-electron chi connectivity index (χ0n) is 15.8. The SMILES string of the molecule is CCCCCCCCCCCCCC[N+]12CCC(CC1)C(O)C2. The van der Waals surface area contributed by atoms with Crippen LogP contribution in [0.4, 0.5) is 0 Å². The lowest BCUT2D eigenvalue weighted by molar-refractivity contribution is -0.946. The molecule has 3 saturated heterocycles. The first kappa shape index (κ1) is 19.2. The van der Waals surface area contributed by atoms with E-state index in [9.17, 15) is 5.11 Å². The Morgan fingerprint density at radius 3 is 1.70 bits per heavy atom. The van der Waals surface area contributed by atoms with Crippen LogP contribution in [0.15, 0.2) is 0 Å². The zero-order chi connectivity index (χ0) is 16.4. The number of hydrogen-bond donors (Lipinski definition) is 1. The van der Waals surface area contributed by atoms with Crippen LogP contribution in [-0.4, -0.2) is 41.9 Å². The van der Waals surface area contributed by atoms with Crippen LogP contribution in [0, 0.1) is 5.92 Å². The standard InChI is InChI=1S/C21H42NO/c1-2-3-4-5-6-7-8-9-10-11-12-13-16-22-17-14-20(15-18-22)21(23)19-22/h20-21,23H,2-19H2,1H3/q+1. The van der Waals surface area contributed by atoms with Crippen LogP contribution in [0.1, 0.15) is 96.8 Å². The quantitative estimate of drug-likeness (QED) is 0.360. The van der Waals surface area contributed by atoms with E-state index in [-0.39, 0.29) is 6.10 Å². The lowest BCUT2D eigenvalue weighted by atomic mass is 9.83. The first-order valence-corrected chi connectivity index (χ1v) is 10.8. The number of unbranched alkanes of at least 4 members (excludes halogenated alkanes) is 11. The van der Waals surface area contributed by atoms with Gasteiger partial charge in [-0.1, -0.05) is 71.1 Å². The van der Waals surface area contributed by atoms with Crippen LogP contribution in [0.3, 0.4) is 0 Å². The summed E-state index contributed by atoms with van der Waals surface area (Å²) >= 11 is 0. The molecule has 2 heteroatoms. The van der Waals surface area contributed by atoms with Crippen LogP contribution in [0.25, 0.3) is 0 Å². The highest BCUT2D eigenvalue weighted by Crippen LogP contribution is 2.34. The van der Waals surface area contributed by atoms with Crippen molar-refractivity contribution in [2.24, 2.45) is 5.92 Å². The third-order valence-electron chi connectivity index (χ3n) is 6.55. The van der Waals surface area contributed by atoms with Gasteiger partial charge < -0.3 is 9.59 Å². The maximum atomic E-state index is 10.1. The summed E-state index contributed by atoms with van der Waals surface area (Å²) in [5, 5.41) is 10.1. The lowest BCUT2D eigenvalue weighted by Gasteiger charge is -2.51. The van der Waals surface area contributed by atoms with E-state index in [0.29, 0.717) is 5.92 Å². The molecule has 2 bridgehead atoms. The molecule has 0 aromatic rings. The monoisotopic (exact) mass is 324 g/mol. The van der Waals surface area contributed by atoms with Gasteiger partial charge in [0.1, 0.15) is 12.6 Å². The van der Waals surface area contributed by atoms with E-state index in [2.05, 4.69) is 6.92 Å². The van der Waals surface area contributed by atoms with E-state index in [1.54, 1.807) is 0 Å². The van der Waals surface area contributed by atoms with Crippen molar-refractivity contribution in [2.75, 3.05) is 26.2 Å². The second kappa shape index (κ2) is 10.7. The third kappa shape index (κ3) is 6.74. The van der Waals surface area contributed by atoms with Crippen molar-refractivity contribution in [3.8, 4) is 0 Å². The fourth-order valence-electron chi connectivity index (χ4n) is 4.85. The molecule has 0 radical (unpaired) electrons. The summed E-state index contributed by atoms with van der Waals surface area (Å²) in [5.41, 5.74) is 0. The van der Waals surface area contributed by atoms with Crippen molar-refractivity contribution in [3.63, 3.8) is 0 Å². The van der Waals surface area contributed by atoms with Crippen LogP contribution >= 0.6 is 0 Å². The van der Waals surface area contributed by atoms with Gasteiger partial charge in [-0.3, -0.25) is 0 Å². The predicted molar refractivity (Wildman–Crippen MR) is 99.5 cm³/mol. The number of hydrogen-bond acceptors (Lipinski definition) is 1. The fourth-order valence-corrected chi connectivity index (χ4v) is 4.85. The smallest absolute Gasteiger partial charge is 0.106 e. The van der Waals surface area contributed by atoms with Gasteiger partial charge in [-0.2, -0.15) is 0 Å². The van der Waals surface area contributed by atoms with Gasteiger partial charge in [-0.05, 0) is 12.8 Å². The van der Waals surface area contributed by atoms with Gasteiger partial charge in [-0.25, -0.2) is 0 Å². The highest BCUT2D eigenvalue weighted by Gasteiger charge is 2.44. The van der Waals surface area contributed by atoms with Crippen molar-refractivity contribution in [1.29, 1.82) is 0 Å². The van der Waals surface area contributed by atoms with Crippen molar-refractivity contribution in [1.82, 2.24) is 0 Å². The first-order valence-electron chi connectivity index (χ1n) is 10.8. The van der Waals surface area contributed by atoms with Gasteiger partial charge in [0, 0.05) is 18.8 Å². The minimum absolute atomic E-state index is 0.00910. The molecule has 0 spiro atoms. The number of nitrogens with zero attached hydrogens (tertiary/aromatic N) is 1. The average molecular weight is 325 g/mol. The van der Waals surface area contributed by atoms with Gasteiger partial charge >= 0.3 is 0 Å². The molecule has 136 valence electrons. The van der Waals surface area contributed by atoms with Gasteiger partial charge in [0.05, 0.1) is 19.6 Å². The average Bonchev–Trinajstić information content (AvgIpc) is 2.56. The fraction of sp³-hybridized carbons (Fsp3) is 1.00. The summed E-state index contributed by atoms with van der Waals surface area (Å²) < 4.78 is 1.25. The Kier molecular flexibility index (Phi) is 8.97. The summed E-state index contributed by atoms with van der Waals surface area (Å²) in [4.78, 5) is 0. The summed E-state index contributed by atoms with van der Waals surface area (Å²) in [7, 11) is 0. The number of piperidine rings is 3. The molecule has 2 nitrogen and oxygen atoms in total. The zero-order valence-corrected chi connectivity index (χ0v) is 15.8. The molecule has 1 unspecified atom stereocenters. The minimum Gasteiger partial charge on any atom is -0.387 e. The summed E-state index contributed by atoms with van der Waals surface area (Å²) in [6.07, 6.45) is 19.8. The largest absolute Gasteiger partial charge is 0.387 e. The van der Waals surface area contributed by atoms with Crippen LogP contribution in [0.5, 0.6) is 0 Å². The Bertz CT molecular complexity index is 296. The molecule has 3 fully saturated rings. The minimum atomic E-state index is 0.00910. The van der Waals surface area contributed by atoms with Crippen molar-refractivity contribution >= 4 is 0 Å². The number of quaternary nitrogens is 1.